The largest absolute Gasteiger partial charge is 0.465 e. The second kappa shape index (κ2) is 6.41. The van der Waals surface area contributed by atoms with Crippen LogP contribution in [0.1, 0.15) is 59.3 Å². The smallest absolute Gasteiger partial charge is 0.341 e. The van der Waals surface area contributed by atoms with Crippen LogP contribution in [0.25, 0.3) is 0 Å². The molecule has 3 aliphatic heterocycles. The van der Waals surface area contributed by atoms with Crippen molar-refractivity contribution in [2.45, 2.75) is 63.6 Å². The fourth-order valence-electron chi connectivity index (χ4n) is 5.29. The number of nitrogens with zero attached hydrogens (tertiary/aromatic N) is 1. The highest BCUT2D eigenvalue weighted by Crippen LogP contribution is 2.51. The highest BCUT2D eigenvalue weighted by atomic mass is 32.1. The molecule has 5 rings (SSSR count). The van der Waals surface area contributed by atoms with Crippen LogP contribution in [-0.4, -0.2) is 37.1 Å². The number of imide groups is 1. The van der Waals surface area contributed by atoms with Gasteiger partial charge in [0.25, 0.3) is 0 Å². The zero-order valence-corrected chi connectivity index (χ0v) is 16.2. The van der Waals surface area contributed by atoms with Gasteiger partial charge < -0.3 is 9.47 Å². The Morgan fingerprint density at radius 3 is 2.30 bits per heavy atom. The molecule has 1 aromatic heterocycles. The number of hydrogen-bond acceptors (Lipinski definition) is 6. The minimum absolute atomic E-state index is 0.149. The van der Waals surface area contributed by atoms with E-state index in [-0.39, 0.29) is 35.9 Å². The standard InChI is InChI=1S/C20H23NO5S/c1-25-20(24)14-10-6-4-2-3-5-7-13(10)27-19(14)21-17(22)15-11-8-9-12(26-11)16(15)18(21)23/h11-12,15-16H,2-9H2,1H3/t11-,12+,15+,16-. The zero-order valence-electron chi connectivity index (χ0n) is 15.4. The first-order chi connectivity index (χ1) is 13.1. The fraction of sp³-hybridized carbons (Fsp3) is 0.650. The van der Waals surface area contributed by atoms with Crippen molar-refractivity contribution in [3.63, 3.8) is 0 Å². The molecule has 4 heterocycles. The maximum atomic E-state index is 13.2. The molecule has 4 atom stereocenters. The highest BCUT2D eigenvalue weighted by molar-refractivity contribution is 7.17. The van der Waals surface area contributed by atoms with Crippen molar-refractivity contribution in [3.8, 4) is 0 Å². The average molecular weight is 389 g/mol. The lowest BCUT2D eigenvalue weighted by Crippen LogP contribution is -2.34. The molecule has 3 fully saturated rings. The van der Waals surface area contributed by atoms with Gasteiger partial charge in [-0.25, -0.2) is 9.69 Å². The first-order valence-corrected chi connectivity index (χ1v) is 10.7. The summed E-state index contributed by atoms with van der Waals surface area (Å²) in [6.45, 7) is 0. The number of hydrogen-bond donors (Lipinski definition) is 0. The van der Waals surface area contributed by atoms with Gasteiger partial charge in [-0.1, -0.05) is 12.8 Å². The van der Waals surface area contributed by atoms with Crippen LogP contribution in [0.15, 0.2) is 0 Å². The van der Waals surface area contributed by atoms with E-state index in [0.29, 0.717) is 10.6 Å². The molecule has 6 nitrogen and oxygen atoms in total. The van der Waals surface area contributed by atoms with Gasteiger partial charge >= 0.3 is 5.97 Å². The van der Waals surface area contributed by atoms with Crippen molar-refractivity contribution in [1.82, 2.24) is 0 Å². The molecule has 4 aliphatic rings. The van der Waals surface area contributed by atoms with E-state index in [0.717, 1.165) is 55.4 Å². The summed E-state index contributed by atoms with van der Waals surface area (Å²) in [5.74, 6) is -1.61. The molecule has 27 heavy (non-hydrogen) atoms. The minimum Gasteiger partial charge on any atom is -0.465 e. The molecule has 1 aromatic rings. The van der Waals surface area contributed by atoms with Gasteiger partial charge in [-0.2, -0.15) is 0 Å². The van der Waals surface area contributed by atoms with E-state index in [1.54, 1.807) is 0 Å². The Balaban J connectivity index is 1.60. The number of carbonyl (C=O) groups is 3. The van der Waals surface area contributed by atoms with Gasteiger partial charge in [-0.05, 0) is 44.1 Å². The van der Waals surface area contributed by atoms with Crippen LogP contribution in [0.2, 0.25) is 0 Å². The number of carbonyl (C=O) groups excluding carboxylic acids is 3. The minimum atomic E-state index is -0.444. The molecule has 0 radical (unpaired) electrons. The molecule has 2 amide bonds. The summed E-state index contributed by atoms with van der Waals surface area (Å²) >= 11 is 1.44. The molecular weight excluding hydrogens is 366 g/mol. The third kappa shape index (κ3) is 2.44. The number of ether oxygens (including phenoxy) is 2. The third-order valence-electron chi connectivity index (χ3n) is 6.53. The maximum absolute atomic E-state index is 13.2. The molecule has 2 bridgehead atoms. The number of rotatable bonds is 2. The second-order valence-electron chi connectivity index (χ2n) is 7.94. The van der Waals surface area contributed by atoms with Gasteiger partial charge in [0.05, 0.1) is 36.7 Å². The van der Waals surface area contributed by atoms with Crippen molar-refractivity contribution in [2.75, 3.05) is 12.0 Å². The van der Waals surface area contributed by atoms with E-state index < -0.39 is 5.97 Å². The van der Waals surface area contributed by atoms with Crippen LogP contribution in [-0.2, 0) is 31.9 Å². The van der Waals surface area contributed by atoms with Crippen LogP contribution in [0.4, 0.5) is 5.00 Å². The lowest BCUT2D eigenvalue weighted by Gasteiger charge is -2.17. The lowest BCUT2D eigenvalue weighted by atomic mass is 9.81. The zero-order chi connectivity index (χ0) is 18.7. The average Bonchev–Trinajstić information content (AvgIpc) is 3.38. The number of anilines is 1. The van der Waals surface area contributed by atoms with Gasteiger partial charge in [0.15, 0.2) is 0 Å². The number of esters is 1. The van der Waals surface area contributed by atoms with Crippen molar-refractivity contribution in [1.29, 1.82) is 0 Å². The molecule has 0 unspecified atom stereocenters. The molecule has 3 saturated heterocycles. The van der Waals surface area contributed by atoms with E-state index in [9.17, 15) is 14.4 Å². The lowest BCUT2D eigenvalue weighted by molar-refractivity contribution is -0.124. The Kier molecular flexibility index (Phi) is 4.13. The molecule has 144 valence electrons. The monoisotopic (exact) mass is 389 g/mol. The first-order valence-electron chi connectivity index (χ1n) is 9.88. The van der Waals surface area contributed by atoms with Gasteiger partial charge in [0.1, 0.15) is 5.00 Å². The molecular formula is C20H23NO5S. The summed E-state index contributed by atoms with van der Waals surface area (Å²) in [4.78, 5) is 41.4. The Hall–Kier alpha value is -1.73. The maximum Gasteiger partial charge on any atom is 0.341 e. The molecule has 0 N–H and O–H groups in total. The molecule has 0 aromatic carbocycles. The molecule has 7 heteroatoms. The predicted molar refractivity (Wildman–Crippen MR) is 98.9 cm³/mol. The number of amides is 2. The van der Waals surface area contributed by atoms with Crippen molar-refractivity contribution < 1.29 is 23.9 Å². The van der Waals surface area contributed by atoms with Crippen molar-refractivity contribution in [2.24, 2.45) is 11.8 Å². The van der Waals surface area contributed by atoms with E-state index >= 15 is 0 Å². The molecule has 0 saturated carbocycles. The summed E-state index contributed by atoms with van der Waals surface area (Å²) in [6, 6.07) is 0. The number of fused-ring (bicyclic) bond motifs is 6. The molecule has 1 aliphatic carbocycles. The summed E-state index contributed by atoms with van der Waals surface area (Å²) < 4.78 is 10.9. The van der Waals surface area contributed by atoms with Crippen LogP contribution < -0.4 is 4.90 Å². The third-order valence-corrected chi connectivity index (χ3v) is 7.81. The normalized spacial score (nSPS) is 32.3. The van der Waals surface area contributed by atoms with E-state index in [1.807, 2.05) is 0 Å². The second-order valence-corrected chi connectivity index (χ2v) is 9.03. The SMILES string of the molecule is COC(=O)c1c(N2C(=O)[C@@H]3[C@H](C2=O)[C@@H]2CC[C@H]3O2)sc2c1CCCCCC2. The van der Waals surface area contributed by atoms with E-state index in [2.05, 4.69) is 0 Å². The summed E-state index contributed by atoms with van der Waals surface area (Å²) in [5.41, 5.74) is 1.42. The Bertz CT molecular complexity index is 803. The summed E-state index contributed by atoms with van der Waals surface area (Å²) in [5, 5.41) is 0.484. The van der Waals surface area contributed by atoms with Crippen LogP contribution in [0.5, 0.6) is 0 Å². The van der Waals surface area contributed by atoms with E-state index in [4.69, 9.17) is 9.47 Å². The Morgan fingerprint density at radius 1 is 1.04 bits per heavy atom. The Labute approximate surface area is 161 Å². The highest BCUT2D eigenvalue weighted by Gasteiger charge is 2.63. The first kappa shape index (κ1) is 17.4. The quantitative estimate of drug-likeness (QED) is 0.574. The van der Waals surface area contributed by atoms with Gasteiger partial charge in [0, 0.05) is 4.88 Å². The fourth-order valence-corrected chi connectivity index (χ4v) is 6.67. The number of methoxy groups -OCH3 is 1. The van der Waals surface area contributed by atoms with Crippen LogP contribution in [0.3, 0.4) is 0 Å². The van der Waals surface area contributed by atoms with Crippen LogP contribution >= 0.6 is 11.3 Å². The predicted octanol–water partition coefficient (Wildman–Crippen LogP) is 2.86. The van der Waals surface area contributed by atoms with Crippen LogP contribution in [0, 0.1) is 11.8 Å². The number of aryl methyl sites for hydroxylation is 1. The van der Waals surface area contributed by atoms with Crippen molar-refractivity contribution in [3.05, 3.63) is 16.0 Å². The molecule has 0 spiro atoms. The summed E-state index contributed by atoms with van der Waals surface area (Å²) in [7, 11) is 1.36. The van der Waals surface area contributed by atoms with Gasteiger partial charge in [-0.3, -0.25) is 9.59 Å². The summed E-state index contributed by atoms with van der Waals surface area (Å²) in [6.07, 6.45) is 7.46. The Morgan fingerprint density at radius 2 is 1.67 bits per heavy atom. The van der Waals surface area contributed by atoms with Crippen molar-refractivity contribution >= 4 is 34.1 Å². The number of thiophene rings is 1. The van der Waals surface area contributed by atoms with Gasteiger partial charge in [0.2, 0.25) is 11.8 Å². The van der Waals surface area contributed by atoms with E-state index in [1.165, 1.54) is 29.8 Å². The topological polar surface area (TPSA) is 72.9 Å². The van der Waals surface area contributed by atoms with Gasteiger partial charge in [-0.15, -0.1) is 11.3 Å².